The van der Waals surface area contributed by atoms with E-state index >= 15 is 0 Å². The van der Waals surface area contributed by atoms with Gasteiger partial charge >= 0.3 is 0 Å². The predicted molar refractivity (Wildman–Crippen MR) is 62.9 cm³/mol. The first-order valence-corrected chi connectivity index (χ1v) is 5.15. The molecule has 0 radical (unpaired) electrons. The van der Waals surface area contributed by atoms with E-state index in [1.54, 1.807) is 14.2 Å². The molecule has 1 heterocycles. The highest BCUT2D eigenvalue weighted by molar-refractivity contribution is 5.71. The number of oxazole rings is 1. The fraction of sp³-hybridized carbons (Fsp3) is 0.250. The van der Waals surface area contributed by atoms with Crippen LogP contribution in [0.2, 0.25) is 0 Å². The number of hydrogen-bond donors (Lipinski definition) is 1. The number of methoxy groups -OCH3 is 2. The lowest BCUT2D eigenvalue weighted by molar-refractivity contribution is 0.355. The van der Waals surface area contributed by atoms with Gasteiger partial charge in [-0.1, -0.05) is 6.07 Å². The number of rotatable bonds is 4. The Hall–Kier alpha value is -2.01. The molecule has 5 nitrogen and oxygen atoms in total. The highest BCUT2D eigenvalue weighted by Gasteiger charge is 2.17. The van der Waals surface area contributed by atoms with Crippen LogP contribution in [0.1, 0.15) is 5.69 Å². The van der Waals surface area contributed by atoms with Gasteiger partial charge in [0.25, 0.3) is 0 Å². The van der Waals surface area contributed by atoms with Gasteiger partial charge in [0.1, 0.15) is 5.69 Å². The predicted octanol–water partition coefficient (Wildman–Crippen LogP) is 1.82. The van der Waals surface area contributed by atoms with E-state index in [0.717, 1.165) is 5.56 Å². The monoisotopic (exact) mass is 234 g/mol. The van der Waals surface area contributed by atoms with Crippen LogP contribution in [0.4, 0.5) is 0 Å². The standard InChI is InChI=1S/C12H14N2O3/c1-15-10-5-3-4-8(12(10)16-2)11-9(6-13)14-7-17-11/h3-5,7H,6,13H2,1-2H3. The van der Waals surface area contributed by atoms with Crippen molar-refractivity contribution < 1.29 is 13.9 Å². The first-order valence-electron chi connectivity index (χ1n) is 5.15. The van der Waals surface area contributed by atoms with Crippen molar-refractivity contribution in [1.29, 1.82) is 0 Å². The number of nitrogens with two attached hydrogens (primary N) is 1. The number of para-hydroxylation sites is 1. The van der Waals surface area contributed by atoms with Crippen LogP contribution in [0.5, 0.6) is 11.5 Å². The summed E-state index contributed by atoms with van der Waals surface area (Å²) in [5.74, 6) is 1.87. The van der Waals surface area contributed by atoms with Crippen molar-refractivity contribution in [2.45, 2.75) is 6.54 Å². The first-order chi connectivity index (χ1) is 8.31. The number of hydrogen-bond acceptors (Lipinski definition) is 5. The number of ether oxygens (including phenoxy) is 2. The SMILES string of the molecule is COc1cccc(-c2ocnc2CN)c1OC. The summed E-state index contributed by atoms with van der Waals surface area (Å²) in [6.07, 6.45) is 1.37. The van der Waals surface area contributed by atoms with Gasteiger partial charge in [-0.25, -0.2) is 4.98 Å². The maximum Gasteiger partial charge on any atom is 0.181 e. The molecule has 0 saturated heterocycles. The van der Waals surface area contributed by atoms with Crippen LogP contribution in [-0.2, 0) is 6.54 Å². The topological polar surface area (TPSA) is 70.5 Å². The third-order valence-corrected chi connectivity index (χ3v) is 2.48. The molecule has 0 fully saturated rings. The van der Waals surface area contributed by atoms with Gasteiger partial charge in [-0.3, -0.25) is 0 Å². The maximum atomic E-state index is 5.60. The summed E-state index contributed by atoms with van der Waals surface area (Å²) in [5.41, 5.74) is 7.07. The van der Waals surface area contributed by atoms with Gasteiger partial charge in [0.15, 0.2) is 23.7 Å². The summed E-state index contributed by atoms with van der Waals surface area (Å²) < 4.78 is 15.9. The van der Waals surface area contributed by atoms with E-state index in [1.807, 2.05) is 18.2 Å². The van der Waals surface area contributed by atoms with Crippen LogP contribution in [-0.4, -0.2) is 19.2 Å². The van der Waals surface area contributed by atoms with Gasteiger partial charge < -0.3 is 19.6 Å². The van der Waals surface area contributed by atoms with Gasteiger partial charge in [0.05, 0.1) is 19.8 Å². The van der Waals surface area contributed by atoms with E-state index < -0.39 is 0 Å². The molecule has 0 saturated carbocycles. The lowest BCUT2D eigenvalue weighted by Gasteiger charge is -2.11. The Morgan fingerprint density at radius 1 is 1.29 bits per heavy atom. The minimum atomic E-state index is 0.312. The van der Waals surface area contributed by atoms with Crippen LogP contribution < -0.4 is 15.2 Å². The Kier molecular flexibility index (Phi) is 3.30. The largest absolute Gasteiger partial charge is 0.493 e. The molecule has 2 rings (SSSR count). The number of nitrogens with zero attached hydrogens (tertiary/aromatic N) is 1. The van der Waals surface area contributed by atoms with E-state index in [9.17, 15) is 0 Å². The van der Waals surface area contributed by atoms with Gasteiger partial charge in [0.2, 0.25) is 0 Å². The summed E-state index contributed by atoms with van der Waals surface area (Å²) in [7, 11) is 3.17. The normalized spacial score (nSPS) is 10.3. The lowest BCUT2D eigenvalue weighted by Crippen LogP contribution is -1.99. The van der Waals surface area contributed by atoms with Crippen molar-refractivity contribution in [3.63, 3.8) is 0 Å². The van der Waals surface area contributed by atoms with E-state index in [1.165, 1.54) is 6.39 Å². The van der Waals surface area contributed by atoms with Crippen molar-refractivity contribution in [3.05, 3.63) is 30.3 Å². The fourth-order valence-electron chi connectivity index (χ4n) is 1.70. The summed E-state index contributed by atoms with van der Waals surface area (Å²) >= 11 is 0. The summed E-state index contributed by atoms with van der Waals surface area (Å²) in [5, 5.41) is 0. The molecule has 17 heavy (non-hydrogen) atoms. The zero-order valence-electron chi connectivity index (χ0n) is 9.77. The summed E-state index contributed by atoms with van der Waals surface area (Å²) in [4.78, 5) is 4.05. The molecule has 1 aromatic heterocycles. The molecule has 5 heteroatoms. The molecule has 0 bridgehead atoms. The summed E-state index contributed by atoms with van der Waals surface area (Å²) in [6, 6.07) is 5.56. The second-order valence-corrected chi connectivity index (χ2v) is 3.37. The van der Waals surface area contributed by atoms with E-state index in [0.29, 0.717) is 29.5 Å². The highest BCUT2D eigenvalue weighted by Crippen LogP contribution is 2.38. The maximum absolute atomic E-state index is 5.60. The Morgan fingerprint density at radius 3 is 2.76 bits per heavy atom. The molecule has 2 aromatic rings. The van der Waals surface area contributed by atoms with E-state index in [2.05, 4.69) is 4.98 Å². The second kappa shape index (κ2) is 4.88. The lowest BCUT2D eigenvalue weighted by atomic mass is 10.1. The van der Waals surface area contributed by atoms with Gasteiger partial charge in [0, 0.05) is 6.54 Å². The molecule has 1 aromatic carbocycles. The van der Waals surface area contributed by atoms with Crippen LogP contribution in [0.3, 0.4) is 0 Å². The smallest absolute Gasteiger partial charge is 0.181 e. The zero-order valence-corrected chi connectivity index (χ0v) is 9.77. The third kappa shape index (κ3) is 1.97. The molecular weight excluding hydrogens is 220 g/mol. The first kappa shape index (κ1) is 11.5. The highest BCUT2D eigenvalue weighted by atomic mass is 16.5. The Morgan fingerprint density at radius 2 is 2.12 bits per heavy atom. The molecule has 2 N–H and O–H groups in total. The van der Waals surface area contributed by atoms with Crippen LogP contribution in [0.25, 0.3) is 11.3 Å². The van der Waals surface area contributed by atoms with Gasteiger partial charge in [-0.2, -0.15) is 0 Å². The van der Waals surface area contributed by atoms with Crippen LogP contribution in [0.15, 0.2) is 29.0 Å². The van der Waals surface area contributed by atoms with E-state index in [-0.39, 0.29) is 0 Å². The van der Waals surface area contributed by atoms with Crippen molar-refractivity contribution >= 4 is 0 Å². The molecule has 0 aliphatic heterocycles. The van der Waals surface area contributed by atoms with Crippen molar-refractivity contribution in [2.24, 2.45) is 5.73 Å². The van der Waals surface area contributed by atoms with E-state index in [4.69, 9.17) is 19.6 Å². The minimum Gasteiger partial charge on any atom is -0.493 e. The Labute approximate surface area is 99.2 Å². The molecule has 0 unspecified atom stereocenters. The molecule has 0 aliphatic carbocycles. The van der Waals surface area contributed by atoms with Crippen molar-refractivity contribution in [3.8, 4) is 22.8 Å². The third-order valence-electron chi connectivity index (χ3n) is 2.48. The summed E-state index contributed by atoms with van der Waals surface area (Å²) in [6.45, 7) is 0.312. The number of aromatic nitrogens is 1. The zero-order chi connectivity index (χ0) is 12.3. The molecular formula is C12H14N2O3. The molecule has 0 amide bonds. The second-order valence-electron chi connectivity index (χ2n) is 3.37. The number of benzene rings is 1. The molecule has 0 atom stereocenters. The van der Waals surface area contributed by atoms with Gasteiger partial charge in [-0.05, 0) is 12.1 Å². The Balaban J connectivity index is 2.59. The fourth-order valence-corrected chi connectivity index (χ4v) is 1.70. The average molecular weight is 234 g/mol. The molecule has 0 aliphatic rings. The molecule has 90 valence electrons. The Bertz CT molecular complexity index is 508. The average Bonchev–Trinajstić information content (AvgIpc) is 2.85. The quantitative estimate of drug-likeness (QED) is 0.873. The molecule has 0 spiro atoms. The minimum absolute atomic E-state index is 0.312. The van der Waals surface area contributed by atoms with Crippen molar-refractivity contribution in [2.75, 3.05) is 14.2 Å². The van der Waals surface area contributed by atoms with Crippen molar-refractivity contribution in [1.82, 2.24) is 4.98 Å². The van der Waals surface area contributed by atoms with Crippen LogP contribution in [0, 0.1) is 0 Å². The van der Waals surface area contributed by atoms with Gasteiger partial charge in [-0.15, -0.1) is 0 Å². The van der Waals surface area contributed by atoms with Crippen LogP contribution >= 0.6 is 0 Å².